The van der Waals surface area contributed by atoms with Gasteiger partial charge >= 0.3 is 0 Å². The number of benzene rings is 2. The van der Waals surface area contributed by atoms with E-state index in [9.17, 15) is 8.42 Å². The lowest BCUT2D eigenvalue weighted by Crippen LogP contribution is -2.27. The van der Waals surface area contributed by atoms with Crippen LogP contribution in [0.3, 0.4) is 0 Å². The Morgan fingerprint density at radius 3 is 2.33 bits per heavy atom. The quantitative estimate of drug-likeness (QED) is 0.789. The Kier molecular flexibility index (Phi) is 5.04. The summed E-state index contributed by atoms with van der Waals surface area (Å²) in [7, 11) is -1.93. The first-order valence-corrected chi connectivity index (χ1v) is 8.58. The van der Waals surface area contributed by atoms with Gasteiger partial charge in [0.2, 0.25) is 10.0 Å². The van der Waals surface area contributed by atoms with E-state index in [1.807, 2.05) is 36.4 Å². The smallest absolute Gasteiger partial charge is 0.207 e. The summed E-state index contributed by atoms with van der Waals surface area (Å²) in [5.41, 5.74) is 2.48. The van der Waals surface area contributed by atoms with Gasteiger partial charge < -0.3 is 0 Å². The lowest BCUT2D eigenvalue weighted by molar-refractivity contribution is 0.466. The van der Waals surface area contributed by atoms with Gasteiger partial charge in [-0.1, -0.05) is 42.5 Å². The molecule has 5 heteroatoms. The molecule has 0 N–H and O–H groups in total. The van der Waals surface area contributed by atoms with Crippen LogP contribution in [0.1, 0.15) is 16.7 Å². The molecule has 2 rings (SSSR count). The fourth-order valence-electron chi connectivity index (χ4n) is 2.10. The summed E-state index contributed by atoms with van der Waals surface area (Å²) in [6, 6.07) is 14.8. The number of aryl methyl sites for hydroxylation is 1. The molecule has 0 aromatic heterocycles. The minimum absolute atomic E-state index is 0.297. The van der Waals surface area contributed by atoms with Gasteiger partial charge in [-0.05, 0) is 29.7 Å². The predicted octanol–water partition coefficient (Wildman–Crippen LogP) is 3.55. The molecule has 0 amide bonds. The Labute approximate surface area is 131 Å². The molecule has 0 atom stereocenters. The van der Waals surface area contributed by atoms with Gasteiger partial charge in [0.25, 0.3) is 0 Å². The van der Waals surface area contributed by atoms with Gasteiger partial charge in [-0.15, -0.1) is 11.6 Å². The lowest BCUT2D eigenvalue weighted by Gasteiger charge is -2.19. The first-order valence-electron chi connectivity index (χ1n) is 6.61. The zero-order valence-corrected chi connectivity index (χ0v) is 13.7. The summed E-state index contributed by atoms with van der Waals surface area (Å²) in [6.45, 7) is 2.13. The number of sulfonamides is 1. The molecule has 0 radical (unpaired) electrons. The summed E-state index contributed by atoms with van der Waals surface area (Å²) in [5.74, 6) is 0.297. The number of hydrogen-bond acceptors (Lipinski definition) is 2. The normalized spacial score (nSPS) is 11.8. The van der Waals surface area contributed by atoms with E-state index in [-0.39, 0.29) is 0 Å². The minimum atomic E-state index is -3.53. The third-order valence-corrected chi connectivity index (χ3v) is 5.60. The number of halogens is 1. The molecule has 0 aliphatic rings. The average molecular weight is 324 g/mol. The van der Waals surface area contributed by atoms with Gasteiger partial charge in [0.05, 0.1) is 4.90 Å². The molecule has 112 valence electrons. The van der Waals surface area contributed by atoms with Crippen LogP contribution in [0.4, 0.5) is 0 Å². The zero-order valence-electron chi connectivity index (χ0n) is 12.1. The van der Waals surface area contributed by atoms with Crippen LogP contribution in [0.2, 0.25) is 0 Å². The van der Waals surface area contributed by atoms with Gasteiger partial charge in [-0.2, -0.15) is 4.31 Å². The fourth-order valence-corrected chi connectivity index (χ4v) is 3.70. The van der Waals surface area contributed by atoms with Gasteiger partial charge in [0.15, 0.2) is 0 Å². The highest BCUT2D eigenvalue weighted by atomic mass is 35.5. The average Bonchev–Trinajstić information content (AvgIpc) is 2.48. The van der Waals surface area contributed by atoms with Crippen molar-refractivity contribution in [1.29, 1.82) is 0 Å². The molecule has 2 aromatic rings. The number of hydrogen-bond donors (Lipinski definition) is 0. The second kappa shape index (κ2) is 6.60. The number of alkyl halides is 1. The highest BCUT2D eigenvalue weighted by Crippen LogP contribution is 2.22. The van der Waals surface area contributed by atoms with Crippen LogP contribution in [-0.4, -0.2) is 19.8 Å². The highest BCUT2D eigenvalue weighted by molar-refractivity contribution is 7.89. The van der Waals surface area contributed by atoms with Crippen LogP contribution in [-0.2, 0) is 22.4 Å². The van der Waals surface area contributed by atoms with Crippen molar-refractivity contribution >= 4 is 21.6 Å². The maximum Gasteiger partial charge on any atom is 0.243 e. The Hall–Kier alpha value is -1.36. The van der Waals surface area contributed by atoms with Crippen molar-refractivity contribution in [2.75, 3.05) is 7.05 Å². The van der Waals surface area contributed by atoms with E-state index < -0.39 is 10.0 Å². The van der Waals surface area contributed by atoms with Crippen molar-refractivity contribution in [1.82, 2.24) is 4.31 Å². The largest absolute Gasteiger partial charge is 0.243 e. The van der Waals surface area contributed by atoms with E-state index in [0.29, 0.717) is 17.3 Å². The molecule has 0 spiro atoms. The Morgan fingerprint density at radius 1 is 1.05 bits per heavy atom. The summed E-state index contributed by atoms with van der Waals surface area (Å²) >= 11 is 5.80. The standard InChI is InChI=1S/C16H18ClNO2S/c1-13-8-9-15(11-17)10-16(13)21(19,20)18(2)12-14-6-4-3-5-7-14/h3-10H,11-12H2,1-2H3. The fraction of sp³-hybridized carbons (Fsp3) is 0.250. The van der Waals surface area contributed by atoms with Gasteiger partial charge in [0.1, 0.15) is 0 Å². The molecule has 0 aliphatic carbocycles. The molecule has 0 aliphatic heterocycles. The van der Waals surface area contributed by atoms with Crippen molar-refractivity contribution < 1.29 is 8.42 Å². The van der Waals surface area contributed by atoms with Gasteiger partial charge in [0, 0.05) is 19.5 Å². The molecule has 2 aromatic carbocycles. The van der Waals surface area contributed by atoms with Crippen molar-refractivity contribution in [2.24, 2.45) is 0 Å². The molecule has 0 heterocycles. The van der Waals surface area contributed by atoms with Crippen molar-refractivity contribution in [2.45, 2.75) is 24.2 Å². The maximum atomic E-state index is 12.7. The molecule has 3 nitrogen and oxygen atoms in total. The van der Waals surface area contributed by atoms with Crippen LogP contribution in [0, 0.1) is 6.92 Å². The topological polar surface area (TPSA) is 37.4 Å². The molecular weight excluding hydrogens is 306 g/mol. The molecule has 0 saturated carbocycles. The van der Waals surface area contributed by atoms with Crippen molar-refractivity contribution in [3.63, 3.8) is 0 Å². The Morgan fingerprint density at radius 2 is 1.71 bits per heavy atom. The molecule has 21 heavy (non-hydrogen) atoms. The number of nitrogens with zero attached hydrogens (tertiary/aromatic N) is 1. The minimum Gasteiger partial charge on any atom is -0.207 e. The van der Waals surface area contributed by atoms with E-state index in [1.165, 1.54) is 4.31 Å². The van der Waals surface area contributed by atoms with E-state index in [2.05, 4.69) is 0 Å². The monoisotopic (exact) mass is 323 g/mol. The van der Waals surface area contributed by atoms with Gasteiger partial charge in [-0.25, -0.2) is 8.42 Å². The van der Waals surface area contributed by atoms with Crippen molar-refractivity contribution in [3.05, 3.63) is 65.2 Å². The van der Waals surface area contributed by atoms with Crippen molar-refractivity contribution in [3.8, 4) is 0 Å². The summed E-state index contributed by atoms with van der Waals surface area (Å²) < 4.78 is 26.8. The third-order valence-electron chi connectivity index (χ3n) is 3.34. The van der Waals surface area contributed by atoms with E-state index >= 15 is 0 Å². The zero-order chi connectivity index (χ0) is 15.5. The third kappa shape index (κ3) is 3.64. The predicted molar refractivity (Wildman–Crippen MR) is 85.8 cm³/mol. The van der Waals surface area contributed by atoms with Gasteiger partial charge in [-0.3, -0.25) is 0 Å². The first-order chi connectivity index (χ1) is 9.95. The highest BCUT2D eigenvalue weighted by Gasteiger charge is 2.23. The van der Waals surface area contributed by atoms with E-state index in [4.69, 9.17) is 11.6 Å². The summed E-state index contributed by atoms with van der Waals surface area (Å²) in [6.07, 6.45) is 0. The van der Waals surface area contributed by atoms with Crippen LogP contribution >= 0.6 is 11.6 Å². The summed E-state index contributed by atoms with van der Waals surface area (Å²) in [5, 5.41) is 0. The molecule has 0 saturated heterocycles. The van der Waals surface area contributed by atoms with Crippen LogP contribution in [0.5, 0.6) is 0 Å². The summed E-state index contributed by atoms with van der Waals surface area (Å²) in [4.78, 5) is 0.319. The second-order valence-electron chi connectivity index (χ2n) is 4.98. The van der Waals surface area contributed by atoms with Crippen LogP contribution in [0.15, 0.2) is 53.4 Å². The lowest BCUT2D eigenvalue weighted by atomic mass is 10.2. The van der Waals surface area contributed by atoms with Crippen LogP contribution < -0.4 is 0 Å². The van der Waals surface area contributed by atoms with E-state index in [0.717, 1.165) is 16.7 Å². The van der Waals surface area contributed by atoms with Crippen LogP contribution in [0.25, 0.3) is 0 Å². The molecule has 0 unspecified atom stereocenters. The first kappa shape index (κ1) is 16.0. The molecular formula is C16H18ClNO2S. The Bertz CT molecular complexity index is 714. The molecule has 0 fully saturated rings. The number of rotatable bonds is 5. The molecule has 0 bridgehead atoms. The Balaban J connectivity index is 2.33. The van der Waals surface area contributed by atoms with E-state index in [1.54, 1.807) is 26.1 Å². The second-order valence-corrected chi connectivity index (χ2v) is 7.26. The maximum absolute atomic E-state index is 12.7. The SMILES string of the molecule is Cc1ccc(CCl)cc1S(=O)(=O)N(C)Cc1ccccc1.